The number of nitro groups is 3. The molecule has 7 heterocycles. The molecule has 0 atom stereocenters. The van der Waals surface area contributed by atoms with E-state index in [1.807, 2.05) is 157 Å². The van der Waals surface area contributed by atoms with Gasteiger partial charge in [0.15, 0.2) is 0 Å². The van der Waals surface area contributed by atoms with Crippen molar-refractivity contribution in [2.45, 2.75) is 196 Å². The number of fused-ring (bicyclic) bond motifs is 4. The van der Waals surface area contributed by atoms with Crippen LogP contribution in [0.5, 0.6) is 0 Å². The third-order valence-electron chi connectivity index (χ3n) is 19.8. The van der Waals surface area contributed by atoms with Gasteiger partial charge in [-0.15, -0.1) is 23.2 Å². The van der Waals surface area contributed by atoms with E-state index in [1.54, 1.807) is 24.8 Å². The van der Waals surface area contributed by atoms with Crippen molar-refractivity contribution in [3.63, 3.8) is 0 Å². The van der Waals surface area contributed by atoms with Gasteiger partial charge in [-0.25, -0.2) is 29.5 Å². The Balaban J connectivity index is 0.000000346. The summed E-state index contributed by atoms with van der Waals surface area (Å²) in [5, 5.41) is 79.9. The zero-order valence-electron chi connectivity index (χ0n) is 71.7. The number of aliphatic hydroxyl groups excluding tert-OH is 1. The lowest BCUT2D eigenvalue weighted by Crippen LogP contribution is -2.41. The molecule has 11 aromatic rings. The van der Waals surface area contributed by atoms with Gasteiger partial charge in [-0.1, -0.05) is 119 Å². The van der Waals surface area contributed by atoms with E-state index >= 15 is 0 Å². The lowest BCUT2D eigenvalue weighted by Gasteiger charge is -2.30. The SMILES string of the molecule is C.C.C.CC(C)(C)OC(=O)NC1CCC(CNc2nc(Cl)ncc2[N+](=O)[O-])CC1.CC(C)(C)OC(=O)NC1CCC(CNc2nc(NCc3nccc4ccccc34)ncc2[N+](=O)[O-])CC1.CO.ClCCl.N#Cc1nccc2ccccc12.NC1CCC(CNc2nc(NCc3nccc4ccccc34)ncc2[N+](=O)[O-])CC1.NCc1nccc2ccccc12.O=CC(F)(F)F. The number of amides is 2. The molecule has 0 saturated heterocycles. The fraction of sp³-hybridized carbons (Fsp3) is 0.422. The number of alkyl halides is 5. The second kappa shape index (κ2) is 55.9. The van der Waals surface area contributed by atoms with Gasteiger partial charge >= 0.3 is 35.4 Å². The van der Waals surface area contributed by atoms with E-state index in [0.29, 0.717) is 68.7 Å². The molecule has 706 valence electrons. The van der Waals surface area contributed by atoms with E-state index in [4.69, 9.17) is 70.9 Å². The van der Waals surface area contributed by atoms with Crippen LogP contribution in [0.15, 0.2) is 165 Å². The fourth-order valence-corrected chi connectivity index (χ4v) is 13.8. The summed E-state index contributed by atoms with van der Waals surface area (Å²) in [7, 11) is 1.00. The predicted molar refractivity (Wildman–Crippen MR) is 508 cm³/mol. The molecule has 3 saturated carbocycles. The summed E-state index contributed by atoms with van der Waals surface area (Å²) < 4.78 is 41.9. The number of alkyl carbamates (subject to hydrolysis) is 2. The molecule has 131 heavy (non-hydrogen) atoms. The number of pyridine rings is 4. The predicted octanol–water partition coefficient (Wildman–Crippen LogP) is 19.5. The largest absolute Gasteiger partial charge is 0.446 e. The van der Waals surface area contributed by atoms with Crippen LogP contribution in [-0.4, -0.2) is 156 Å². The summed E-state index contributed by atoms with van der Waals surface area (Å²) in [6, 6.07) is 42.1. The first-order chi connectivity index (χ1) is 61.2. The summed E-state index contributed by atoms with van der Waals surface area (Å²) in [4.78, 5) is 107. The molecule has 2 amide bonds. The molecule has 12 N–H and O–H groups in total. The molecule has 14 rings (SSSR count). The first kappa shape index (κ1) is 111. The minimum atomic E-state index is -4.64. The minimum absolute atomic E-state index is 0. The quantitative estimate of drug-likeness (QED) is 0.0105. The maximum atomic E-state index is 12.0. The van der Waals surface area contributed by atoms with E-state index in [-0.39, 0.29) is 91.5 Å². The molecule has 35 nitrogen and oxygen atoms in total. The summed E-state index contributed by atoms with van der Waals surface area (Å²) in [5.41, 5.74) is 13.1. The van der Waals surface area contributed by atoms with E-state index < -0.39 is 50.6 Å². The molecule has 7 aromatic heterocycles. The van der Waals surface area contributed by atoms with Gasteiger partial charge in [-0.2, -0.15) is 33.4 Å². The van der Waals surface area contributed by atoms with Crippen molar-refractivity contribution in [1.29, 1.82) is 5.26 Å². The number of carbonyl (C=O) groups is 3. The molecule has 3 aliphatic carbocycles. The lowest BCUT2D eigenvalue weighted by atomic mass is 9.86. The molecule has 3 fully saturated rings. The fourth-order valence-electron chi connectivity index (χ4n) is 13.7. The van der Waals surface area contributed by atoms with Crippen LogP contribution in [0, 0.1) is 59.4 Å². The number of aromatic nitrogens is 10. The van der Waals surface area contributed by atoms with Gasteiger partial charge in [0.1, 0.15) is 41.6 Å². The Labute approximate surface area is 774 Å². The van der Waals surface area contributed by atoms with Crippen molar-refractivity contribution in [3.05, 3.63) is 223 Å². The number of benzene rings is 4. The maximum Gasteiger partial charge on any atom is 0.446 e. The van der Waals surface area contributed by atoms with Gasteiger partial charge in [0.25, 0.3) is 0 Å². The number of aliphatic hydroxyl groups is 1. The number of halogens is 6. The Hall–Kier alpha value is -12.8. The monoisotopic (exact) mass is 1870 g/mol. The molecule has 0 radical (unpaired) electrons. The zero-order chi connectivity index (χ0) is 93.4. The van der Waals surface area contributed by atoms with Crippen LogP contribution < -0.4 is 48.7 Å². The summed E-state index contributed by atoms with van der Waals surface area (Å²) >= 11 is 15.2. The highest BCUT2D eigenvalue weighted by atomic mass is 35.5. The summed E-state index contributed by atoms with van der Waals surface area (Å²) in [6.07, 6.45) is 14.9. The number of anilines is 5. The van der Waals surface area contributed by atoms with Crippen LogP contribution >= 0.6 is 34.8 Å². The molecular formula is C90H117Cl3F3N23O12. The normalized spacial score (nSPS) is 15.9. The van der Waals surface area contributed by atoms with Crippen LogP contribution in [0.2, 0.25) is 5.28 Å². The number of ether oxygens (including phenoxy) is 2. The minimum Gasteiger partial charge on any atom is -0.444 e. The van der Waals surface area contributed by atoms with Crippen molar-refractivity contribution in [2.24, 2.45) is 29.2 Å². The van der Waals surface area contributed by atoms with Gasteiger partial charge in [-0.05, 0) is 194 Å². The number of nitrogens with zero attached hydrogens (tertiary/aromatic N) is 14. The number of nitriles is 1. The summed E-state index contributed by atoms with van der Waals surface area (Å²) in [5.74, 6) is 2.24. The van der Waals surface area contributed by atoms with Crippen molar-refractivity contribution < 1.29 is 56.9 Å². The van der Waals surface area contributed by atoms with Gasteiger partial charge in [0.2, 0.25) is 40.9 Å². The van der Waals surface area contributed by atoms with Crippen molar-refractivity contribution in [1.82, 2.24) is 60.5 Å². The highest BCUT2D eigenvalue weighted by molar-refractivity contribution is 6.40. The van der Waals surface area contributed by atoms with Crippen LogP contribution in [-0.2, 0) is 33.9 Å². The molecule has 3 aliphatic rings. The topological polar surface area (TPSA) is 508 Å². The van der Waals surface area contributed by atoms with Gasteiger partial charge in [0, 0.05) is 97.7 Å². The molecule has 0 unspecified atom stereocenters. The standard InChI is InChI=1S/C26H33N7O4.C21H25N7O2.C16H24ClN5O4.C10H10N2.C10H6N2.C2HF3O.CH2Cl2.CH4O.3CH4/c1-26(2,3)37-25(34)31-19-10-8-17(9-11-19)14-28-23-22(33(35)36)16-30-24(32-23)29-15-21-20-7-5-4-6-18(20)12-13-27-21;22-16-7-5-14(6-8-16)11-24-20-19(28(29)30)13-26-21(27-20)25-12-18-17-4-2-1-3-15(17)9-10-23-18;1-16(2,3)26-15(23)20-11-6-4-10(5-7-11)8-18-13-12(22(24)25)9-19-14(17)21-13;2*11-7-10-9-4-2-1-3-8(9)5-6-12-10;3-2(4,5)1-6;2-1-3;1-2;;;/h4-7,12-13,16-17,19H,8-11,14-15H2,1-3H3,(H,31,34)(H2,28,29,30,32);1-4,9-10,13-14,16H,5-8,11-12,22H2,(H2,24,25,26,27);9-11H,4-8H2,1-3H3,(H,20,23)(H,18,19,21);1-6H,7,11H2;1-6H;1H;1H2;2H,1H3;3*1H4. The molecule has 0 aliphatic heterocycles. The Morgan fingerprint density at radius 3 is 1.14 bits per heavy atom. The first-order valence-electron chi connectivity index (χ1n) is 40.9. The Morgan fingerprint density at radius 1 is 0.496 bits per heavy atom. The second-order valence-electron chi connectivity index (χ2n) is 31.3. The molecule has 4 aromatic carbocycles. The summed E-state index contributed by atoms with van der Waals surface area (Å²) in [6.45, 7) is 14.0. The van der Waals surface area contributed by atoms with Crippen molar-refractivity contribution >= 4 is 143 Å². The Morgan fingerprint density at radius 2 is 0.802 bits per heavy atom. The van der Waals surface area contributed by atoms with E-state index in [2.05, 4.69) is 99.2 Å². The molecular weight excluding hydrogens is 1760 g/mol. The number of nitrogens with one attached hydrogen (secondary N) is 7. The third kappa shape index (κ3) is 38.0. The highest BCUT2D eigenvalue weighted by Crippen LogP contribution is 2.33. The van der Waals surface area contributed by atoms with Crippen LogP contribution in [0.25, 0.3) is 43.1 Å². The van der Waals surface area contributed by atoms with E-state index in [9.17, 15) is 53.1 Å². The maximum absolute atomic E-state index is 12.0. The number of hydrogen-bond donors (Lipinski definition) is 10. The average molecular weight is 1880 g/mol. The number of hydrogen-bond acceptors (Lipinski definition) is 30. The smallest absolute Gasteiger partial charge is 0.444 e. The van der Waals surface area contributed by atoms with E-state index in [0.717, 1.165) is 145 Å². The lowest BCUT2D eigenvalue weighted by molar-refractivity contribution is -0.384. The Kier molecular flexibility index (Phi) is 47.2. The van der Waals surface area contributed by atoms with Gasteiger partial charge < -0.3 is 63.3 Å². The number of nitrogens with two attached hydrogens (primary N) is 2. The van der Waals surface area contributed by atoms with Crippen LogP contribution in [0.1, 0.15) is 164 Å². The van der Waals surface area contributed by atoms with Gasteiger partial charge in [-0.3, -0.25) is 50.1 Å². The van der Waals surface area contributed by atoms with Crippen LogP contribution in [0.3, 0.4) is 0 Å². The van der Waals surface area contributed by atoms with Crippen molar-refractivity contribution in [2.75, 3.05) is 58.7 Å². The number of carbonyl (C=O) groups excluding carboxylic acids is 3. The highest BCUT2D eigenvalue weighted by Gasteiger charge is 2.30. The second-order valence-corrected chi connectivity index (χ2v) is 32.4. The van der Waals surface area contributed by atoms with Crippen LogP contribution in [0.4, 0.5) is 69.2 Å². The first-order valence-corrected chi connectivity index (χ1v) is 42.3. The number of rotatable bonds is 21. The van der Waals surface area contributed by atoms with Crippen molar-refractivity contribution in [3.8, 4) is 6.07 Å². The average Bonchev–Trinajstić information content (AvgIpc) is 0.819. The zero-order valence-corrected chi connectivity index (χ0v) is 74.0. The third-order valence-corrected chi connectivity index (χ3v) is 20.0. The van der Waals surface area contributed by atoms with E-state index in [1.165, 1.54) is 17.8 Å². The molecule has 0 spiro atoms. The molecule has 0 bridgehead atoms. The van der Waals surface area contributed by atoms with Gasteiger partial charge in [0.05, 0.1) is 50.3 Å². The Bertz CT molecular complexity index is 5450. The molecule has 41 heteroatoms. The number of aldehydes is 1.